The molecular formula is C17H23BrN4S. The van der Waals surface area contributed by atoms with Gasteiger partial charge in [0.1, 0.15) is 0 Å². The molecule has 124 valence electrons. The highest BCUT2D eigenvalue weighted by Gasteiger charge is 2.02. The molecule has 0 radical (unpaired) electrons. The Kier molecular flexibility index (Phi) is 6.59. The predicted molar refractivity (Wildman–Crippen MR) is 104 cm³/mol. The molecule has 2 aromatic rings. The topological polar surface area (TPSA) is 41.9 Å². The summed E-state index contributed by atoms with van der Waals surface area (Å²) in [4.78, 5) is 0. The van der Waals surface area contributed by atoms with E-state index in [1.807, 2.05) is 17.8 Å². The number of nitrogens with one attached hydrogen (secondary N) is 2. The lowest BCUT2D eigenvalue weighted by molar-refractivity contribution is 0.570. The lowest BCUT2D eigenvalue weighted by Crippen LogP contribution is -2.29. The van der Waals surface area contributed by atoms with E-state index >= 15 is 0 Å². The smallest absolute Gasteiger partial charge is 0.170 e. The van der Waals surface area contributed by atoms with Crippen LogP contribution in [0.4, 0.5) is 5.69 Å². The molecule has 6 heteroatoms. The highest BCUT2D eigenvalue weighted by atomic mass is 79.9. The minimum Gasteiger partial charge on any atom is -0.362 e. The fourth-order valence-electron chi connectivity index (χ4n) is 2.18. The fraction of sp³-hybridized carbons (Fsp3) is 0.412. The molecule has 1 aromatic carbocycles. The minimum absolute atomic E-state index is 0.542. The largest absolute Gasteiger partial charge is 0.362 e. The zero-order valence-corrected chi connectivity index (χ0v) is 16.2. The van der Waals surface area contributed by atoms with E-state index in [2.05, 4.69) is 69.8 Å². The van der Waals surface area contributed by atoms with Crippen molar-refractivity contribution in [2.24, 2.45) is 0 Å². The van der Waals surface area contributed by atoms with Gasteiger partial charge in [0.15, 0.2) is 5.11 Å². The molecule has 1 aromatic heterocycles. The second-order valence-electron chi connectivity index (χ2n) is 5.84. The van der Waals surface area contributed by atoms with Gasteiger partial charge in [-0.15, -0.1) is 0 Å². The van der Waals surface area contributed by atoms with Crippen LogP contribution in [0.2, 0.25) is 0 Å². The molecule has 0 spiro atoms. The Morgan fingerprint density at radius 1 is 1.30 bits per heavy atom. The Hall–Kier alpha value is -1.40. The first kappa shape index (κ1) is 17.9. The van der Waals surface area contributed by atoms with Crippen molar-refractivity contribution in [3.63, 3.8) is 0 Å². The van der Waals surface area contributed by atoms with E-state index in [1.165, 1.54) is 5.56 Å². The van der Waals surface area contributed by atoms with Crippen LogP contribution in [0.25, 0.3) is 0 Å². The van der Waals surface area contributed by atoms with Crippen molar-refractivity contribution in [2.45, 2.75) is 39.7 Å². The Morgan fingerprint density at radius 2 is 2.00 bits per heavy atom. The third-order valence-corrected chi connectivity index (χ3v) is 4.60. The molecule has 0 saturated carbocycles. The second-order valence-corrected chi connectivity index (χ2v) is 7.10. The van der Waals surface area contributed by atoms with Crippen LogP contribution < -0.4 is 10.6 Å². The van der Waals surface area contributed by atoms with Crippen LogP contribution in [-0.4, -0.2) is 21.4 Å². The van der Waals surface area contributed by atoms with Crippen molar-refractivity contribution in [3.05, 3.63) is 46.2 Å². The summed E-state index contributed by atoms with van der Waals surface area (Å²) in [6.45, 7) is 8.04. The van der Waals surface area contributed by atoms with Crippen LogP contribution in [0.15, 0.2) is 34.9 Å². The third kappa shape index (κ3) is 5.62. The van der Waals surface area contributed by atoms with E-state index in [0.29, 0.717) is 11.0 Å². The molecule has 0 aliphatic rings. The average molecular weight is 395 g/mol. The van der Waals surface area contributed by atoms with Crippen LogP contribution in [0, 0.1) is 6.92 Å². The highest BCUT2D eigenvalue weighted by Crippen LogP contribution is 2.17. The third-order valence-electron chi connectivity index (χ3n) is 3.57. The lowest BCUT2D eigenvalue weighted by atomic mass is 10.0. The van der Waals surface area contributed by atoms with Gasteiger partial charge < -0.3 is 10.6 Å². The quantitative estimate of drug-likeness (QED) is 0.560. The number of benzene rings is 1. The van der Waals surface area contributed by atoms with E-state index in [4.69, 9.17) is 12.2 Å². The summed E-state index contributed by atoms with van der Waals surface area (Å²) in [6.07, 6.45) is 2.96. The maximum absolute atomic E-state index is 5.32. The molecule has 2 rings (SSSR count). The van der Waals surface area contributed by atoms with Gasteiger partial charge in [-0.05, 0) is 65.1 Å². The molecule has 0 fully saturated rings. The normalized spacial score (nSPS) is 10.8. The van der Waals surface area contributed by atoms with Gasteiger partial charge in [0, 0.05) is 25.0 Å². The van der Waals surface area contributed by atoms with E-state index < -0.39 is 0 Å². The number of anilines is 1. The number of nitrogens with zero attached hydrogens (tertiary/aromatic N) is 2. The van der Waals surface area contributed by atoms with E-state index in [-0.39, 0.29) is 0 Å². The minimum atomic E-state index is 0.542. The van der Waals surface area contributed by atoms with Crippen LogP contribution in [0.1, 0.15) is 37.4 Å². The van der Waals surface area contributed by atoms with Crippen molar-refractivity contribution in [2.75, 3.05) is 11.9 Å². The molecule has 0 atom stereocenters. The summed E-state index contributed by atoms with van der Waals surface area (Å²) in [7, 11) is 0. The standard InChI is InChI=1S/C17H23BrN4S/c1-12(2)14-5-7-15(8-6-14)20-17(23)19-9-4-10-22-11-16(18)13(3)21-22/h5-8,11-12H,4,9-10H2,1-3H3,(H2,19,20,23). The summed E-state index contributed by atoms with van der Waals surface area (Å²) in [5, 5.41) is 11.5. The molecular weight excluding hydrogens is 372 g/mol. The monoisotopic (exact) mass is 394 g/mol. The van der Waals surface area contributed by atoms with Gasteiger partial charge in [0.05, 0.1) is 10.2 Å². The molecule has 23 heavy (non-hydrogen) atoms. The number of thiocarbonyl (C=S) groups is 1. The molecule has 0 unspecified atom stereocenters. The molecule has 1 heterocycles. The highest BCUT2D eigenvalue weighted by molar-refractivity contribution is 9.10. The predicted octanol–water partition coefficient (Wildman–Crippen LogP) is 4.45. The van der Waals surface area contributed by atoms with Gasteiger partial charge in [-0.25, -0.2) is 0 Å². The fourth-order valence-corrected chi connectivity index (χ4v) is 2.71. The van der Waals surface area contributed by atoms with E-state index in [1.54, 1.807) is 0 Å². The molecule has 4 nitrogen and oxygen atoms in total. The molecule has 0 aliphatic carbocycles. The number of rotatable bonds is 6. The molecule has 0 amide bonds. The van der Waals surface area contributed by atoms with Gasteiger partial charge in [0.2, 0.25) is 0 Å². The maximum atomic E-state index is 5.32. The Labute approximate surface area is 151 Å². The van der Waals surface area contributed by atoms with Gasteiger partial charge in [-0.3, -0.25) is 4.68 Å². The van der Waals surface area contributed by atoms with Crippen molar-refractivity contribution >= 4 is 38.9 Å². The van der Waals surface area contributed by atoms with Gasteiger partial charge >= 0.3 is 0 Å². The van der Waals surface area contributed by atoms with Crippen molar-refractivity contribution < 1.29 is 0 Å². The summed E-state index contributed by atoms with van der Waals surface area (Å²) >= 11 is 8.79. The Balaban J connectivity index is 1.70. The SMILES string of the molecule is Cc1nn(CCCNC(=S)Nc2ccc(C(C)C)cc2)cc1Br. The molecule has 2 N–H and O–H groups in total. The average Bonchev–Trinajstić information content (AvgIpc) is 2.83. The Bertz CT molecular complexity index is 630. The number of aryl methyl sites for hydroxylation is 2. The molecule has 0 aliphatic heterocycles. The number of aromatic nitrogens is 2. The Morgan fingerprint density at radius 3 is 2.57 bits per heavy atom. The number of hydrogen-bond acceptors (Lipinski definition) is 2. The maximum Gasteiger partial charge on any atom is 0.170 e. The zero-order valence-electron chi connectivity index (χ0n) is 13.8. The van der Waals surface area contributed by atoms with Crippen molar-refractivity contribution in [1.29, 1.82) is 0 Å². The van der Waals surface area contributed by atoms with Crippen LogP contribution in [0.3, 0.4) is 0 Å². The lowest BCUT2D eigenvalue weighted by Gasteiger charge is -2.12. The first-order valence-electron chi connectivity index (χ1n) is 7.80. The van der Waals surface area contributed by atoms with Crippen LogP contribution in [0.5, 0.6) is 0 Å². The molecule has 0 bridgehead atoms. The van der Waals surface area contributed by atoms with Crippen LogP contribution >= 0.6 is 28.1 Å². The van der Waals surface area contributed by atoms with Crippen molar-refractivity contribution in [1.82, 2.24) is 15.1 Å². The van der Waals surface area contributed by atoms with Gasteiger partial charge in [-0.2, -0.15) is 5.10 Å². The summed E-state index contributed by atoms with van der Waals surface area (Å²) in [5.41, 5.74) is 3.36. The molecule has 0 saturated heterocycles. The zero-order chi connectivity index (χ0) is 16.8. The number of hydrogen-bond donors (Lipinski definition) is 2. The van der Waals surface area contributed by atoms with Crippen LogP contribution in [-0.2, 0) is 6.54 Å². The first-order valence-corrected chi connectivity index (χ1v) is 9.00. The summed E-state index contributed by atoms with van der Waals surface area (Å²) in [5.74, 6) is 0.542. The van der Waals surface area contributed by atoms with Crippen molar-refractivity contribution in [3.8, 4) is 0 Å². The first-order chi connectivity index (χ1) is 11.0. The second kappa shape index (κ2) is 8.45. The summed E-state index contributed by atoms with van der Waals surface area (Å²) in [6, 6.07) is 8.39. The summed E-state index contributed by atoms with van der Waals surface area (Å²) < 4.78 is 3.00. The van der Waals surface area contributed by atoms with E-state index in [9.17, 15) is 0 Å². The van der Waals surface area contributed by atoms with Gasteiger partial charge in [0.25, 0.3) is 0 Å². The van der Waals surface area contributed by atoms with E-state index in [0.717, 1.165) is 35.4 Å². The van der Waals surface area contributed by atoms with Gasteiger partial charge in [-0.1, -0.05) is 26.0 Å². The number of halogens is 1.